The number of rotatable bonds is 2. The molecule has 0 radical (unpaired) electrons. The summed E-state index contributed by atoms with van der Waals surface area (Å²) in [5.74, 6) is 0. The van der Waals surface area contributed by atoms with E-state index in [4.69, 9.17) is 4.74 Å². The van der Waals surface area contributed by atoms with Crippen molar-refractivity contribution in [1.29, 1.82) is 0 Å². The van der Waals surface area contributed by atoms with Gasteiger partial charge in [-0.2, -0.15) is 0 Å². The van der Waals surface area contributed by atoms with Crippen molar-refractivity contribution in [2.24, 2.45) is 0 Å². The number of likely N-dealkylation sites (N-methyl/N-ethyl adjacent to an activating group) is 1. The first-order chi connectivity index (χ1) is 3.33. The molecule has 2 nitrogen and oxygen atoms in total. The molecule has 0 aromatic rings. The normalized spacial score (nSPS) is 38.6. The molecule has 1 N–H and O–H groups in total. The lowest BCUT2D eigenvalue weighted by atomic mass is 10.3. The van der Waals surface area contributed by atoms with Gasteiger partial charge in [0.25, 0.3) is 0 Å². The van der Waals surface area contributed by atoms with Crippen molar-refractivity contribution in [2.45, 2.75) is 19.1 Å². The smallest absolute Gasteiger partial charge is 0.142 e. The molecule has 0 bridgehead atoms. The van der Waals surface area contributed by atoms with E-state index in [1.807, 2.05) is 7.05 Å². The molecule has 0 aromatic heterocycles. The SMILES string of the molecule is CCC1(NC)CO1. The summed E-state index contributed by atoms with van der Waals surface area (Å²) in [5, 5.41) is 3.08. The largest absolute Gasteiger partial charge is 0.354 e. The van der Waals surface area contributed by atoms with E-state index < -0.39 is 0 Å². The average Bonchev–Trinajstić information content (AvgIpc) is 2.46. The van der Waals surface area contributed by atoms with Crippen LogP contribution in [0.2, 0.25) is 0 Å². The van der Waals surface area contributed by atoms with Crippen LogP contribution in [-0.2, 0) is 4.74 Å². The van der Waals surface area contributed by atoms with Gasteiger partial charge in [0.15, 0.2) is 0 Å². The summed E-state index contributed by atoms with van der Waals surface area (Å²) in [6.45, 7) is 3.00. The van der Waals surface area contributed by atoms with Crippen LogP contribution in [-0.4, -0.2) is 19.4 Å². The summed E-state index contributed by atoms with van der Waals surface area (Å²) in [7, 11) is 1.93. The molecule has 1 aliphatic heterocycles. The summed E-state index contributed by atoms with van der Waals surface area (Å²) in [5.41, 5.74) is 0.0833. The molecule has 1 fully saturated rings. The molecule has 7 heavy (non-hydrogen) atoms. The highest BCUT2D eigenvalue weighted by atomic mass is 16.6. The van der Waals surface area contributed by atoms with Crippen LogP contribution < -0.4 is 5.32 Å². The van der Waals surface area contributed by atoms with Crippen molar-refractivity contribution >= 4 is 0 Å². The summed E-state index contributed by atoms with van der Waals surface area (Å²) in [6, 6.07) is 0. The second kappa shape index (κ2) is 1.46. The molecule has 1 aliphatic rings. The number of hydrogen-bond donors (Lipinski definition) is 1. The van der Waals surface area contributed by atoms with Gasteiger partial charge in [-0.05, 0) is 13.5 Å². The van der Waals surface area contributed by atoms with Gasteiger partial charge in [0.1, 0.15) is 5.72 Å². The van der Waals surface area contributed by atoms with E-state index in [1.54, 1.807) is 0 Å². The van der Waals surface area contributed by atoms with Crippen molar-refractivity contribution in [3.8, 4) is 0 Å². The van der Waals surface area contributed by atoms with Crippen molar-refractivity contribution in [3.63, 3.8) is 0 Å². The minimum Gasteiger partial charge on any atom is -0.354 e. The van der Waals surface area contributed by atoms with E-state index in [2.05, 4.69) is 12.2 Å². The second-order valence-electron chi connectivity index (χ2n) is 1.89. The van der Waals surface area contributed by atoms with Crippen LogP contribution >= 0.6 is 0 Å². The Morgan fingerprint density at radius 1 is 1.86 bits per heavy atom. The predicted molar refractivity (Wildman–Crippen MR) is 28.0 cm³/mol. The minimum atomic E-state index is 0.0833. The van der Waals surface area contributed by atoms with Gasteiger partial charge >= 0.3 is 0 Å². The van der Waals surface area contributed by atoms with Gasteiger partial charge < -0.3 is 4.74 Å². The minimum absolute atomic E-state index is 0.0833. The molecule has 1 heterocycles. The average molecular weight is 101 g/mol. The van der Waals surface area contributed by atoms with Gasteiger partial charge in [0.2, 0.25) is 0 Å². The molecule has 1 rings (SSSR count). The molecule has 0 amide bonds. The lowest BCUT2D eigenvalue weighted by Gasteiger charge is -2.03. The van der Waals surface area contributed by atoms with E-state index in [0.717, 1.165) is 13.0 Å². The summed E-state index contributed by atoms with van der Waals surface area (Å²) < 4.78 is 5.08. The fourth-order valence-corrected chi connectivity index (χ4v) is 0.612. The number of nitrogens with one attached hydrogen (secondary N) is 1. The highest BCUT2D eigenvalue weighted by molar-refractivity contribution is 4.85. The Balaban J connectivity index is 2.28. The van der Waals surface area contributed by atoms with Crippen molar-refractivity contribution in [1.82, 2.24) is 5.32 Å². The maximum atomic E-state index is 5.08. The van der Waals surface area contributed by atoms with Crippen molar-refractivity contribution < 1.29 is 4.74 Å². The van der Waals surface area contributed by atoms with Crippen LogP contribution in [0.15, 0.2) is 0 Å². The molecular weight excluding hydrogens is 90.1 g/mol. The Hall–Kier alpha value is -0.0800. The highest BCUT2D eigenvalue weighted by Gasteiger charge is 2.40. The molecule has 0 spiro atoms. The summed E-state index contributed by atoms with van der Waals surface area (Å²) in [6.07, 6.45) is 1.07. The van der Waals surface area contributed by atoms with Crippen LogP contribution in [0.4, 0.5) is 0 Å². The van der Waals surface area contributed by atoms with E-state index in [0.29, 0.717) is 0 Å². The van der Waals surface area contributed by atoms with Gasteiger partial charge in [-0.1, -0.05) is 6.92 Å². The van der Waals surface area contributed by atoms with Gasteiger partial charge in [-0.3, -0.25) is 5.32 Å². The third kappa shape index (κ3) is 0.763. The Labute approximate surface area is 43.9 Å². The van der Waals surface area contributed by atoms with Gasteiger partial charge in [-0.15, -0.1) is 0 Å². The van der Waals surface area contributed by atoms with Crippen molar-refractivity contribution in [2.75, 3.05) is 13.7 Å². The molecule has 42 valence electrons. The lowest BCUT2D eigenvalue weighted by molar-refractivity contribution is 0.262. The van der Waals surface area contributed by atoms with Crippen LogP contribution in [0, 0.1) is 0 Å². The Morgan fingerprint density at radius 2 is 2.43 bits per heavy atom. The number of hydrogen-bond acceptors (Lipinski definition) is 2. The quantitative estimate of drug-likeness (QED) is 0.507. The molecule has 1 saturated heterocycles. The van der Waals surface area contributed by atoms with Crippen LogP contribution in [0.5, 0.6) is 0 Å². The zero-order chi connectivity index (χ0) is 5.33. The molecular formula is C5H11NO. The zero-order valence-electron chi connectivity index (χ0n) is 4.82. The number of ether oxygens (including phenoxy) is 1. The second-order valence-corrected chi connectivity index (χ2v) is 1.89. The van der Waals surface area contributed by atoms with Crippen molar-refractivity contribution in [3.05, 3.63) is 0 Å². The fraction of sp³-hybridized carbons (Fsp3) is 1.00. The van der Waals surface area contributed by atoms with Gasteiger partial charge in [0.05, 0.1) is 6.61 Å². The fourth-order valence-electron chi connectivity index (χ4n) is 0.612. The summed E-state index contributed by atoms with van der Waals surface area (Å²) in [4.78, 5) is 0. The molecule has 1 atom stereocenters. The van der Waals surface area contributed by atoms with Crippen LogP contribution in [0.3, 0.4) is 0 Å². The summed E-state index contributed by atoms with van der Waals surface area (Å²) >= 11 is 0. The highest BCUT2D eigenvalue weighted by Crippen LogP contribution is 2.25. The number of epoxide rings is 1. The van der Waals surface area contributed by atoms with Crippen LogP contribution in [0.25, 0.3) is 0 Å². The van der Waals surface area contributed by atoms with E-state index >= 15 is 0 Å². The van der Waals surface area contributed by atoms with Gasteiger partial charge in [0, 0.05) is 0 Å². The molecule has 0 saturated carbocycles. The van der Waals surface area contributed by atoms with Gasteiger partial charge in [-0.25, -0.2) is 0 Å². The van der Waals surface area contributed by atoms with Crippen LogP contribution in [0.1, 0.15) is 13.3 Å². The topological polar surface area (TPSA) is 24.6 Å². The first-order valence-corrected chi connectivity index (χ1v) is 2.66. The molecule has 0 aliphatic carbocycles. The molecule has 1 unspecified atom stereocenters. The monoisotopic (exact) mass is 101 g/mol. The standard InChI is InChI=1S/C5H11NO/c1-3-5(6-2)4-7-5/h6H,3-4H2,1-2H3. The molecule has 0 aromatic carbocycles. The maximum absolute atomic E-state index is 5.08. The first-order valence-electron chi connectivity index (χ1n) is 2.66. The predicted octanol–water partition coefficient (Wildman–Crippen LogP) is 0.342. The molecule has 2 heteroatoms. The Bertz CT molecular complexity index is 62.5. The lowest BCUT2D eigenvalue weighted by Crippen LogP contribution is -2.27. The Morgan fingerprint density at radius 3 is 2.43 bits per heavy atom. The van der Waals surface area contributed by atoms with E-state index in [-0.39, 0.29) is 5.72 Å². The maximum Gasteiger partial charge on any atom is 0.142 e. The zero-order valence-corrected chi connectivity index (χ0v) is 4.82. The third-order valence-electron chi connectivity index (χ3n) is 1.52. The van der Waals surface area contributed by atoms with E-state index in [9.17, 15) is 0 Å². The third-order valence-corrected chi connectivity index (χ3v) is 1.52. The Kier molecular flexibility index (Phi) is 1.05. The first kappa shape index (κ1) is 5.06. The van der Waals surface area contributed by atoms with E-state index in [1.165, 1.54) is 0 Å².